The lowest BCUT2D eigenvalue weighted by Crippen LogP contribution is -2.43. The topological polar surface area (TPSA) is 133 Å². The van der Waals surface area contributed by atoms with E-state index < -0.39 is 23.8 Å². The number of halogens is 1. The first-order valence-electron chi connectivity index (χ1n) is 18.0. The van der Waals surface area contributed by atoms with E-state index in [9.17, 15) is 14.4 Å². The van der Waals surface area contributed by atoms with Crippen LogP contribution in [0.15, 0.2) is 72.9 Å². The van der Waals surface area contributed by atoms with E-state index in [1.165, 1.54) is 0 Å². The van der Waals surface area contributed by atoms with Gasteiger partial charge >= 0.3 is 12.2 Å². The summed E-state index contributed by atoms with van der Waals surface area (Å²) in [5.74, 6) is -1.60. The lowest BCUT2D eigenvalue weighted by molar-refractivity contribution is -0.177. The molecule has 2 amide bonds. The molecular formula is C40H38FN5O7. The summed E-state index contributed by atoms with van der Waals surface area (Å²) >= 11 is 0. The number of amides is 2. The van der Waals surface area contributed by atoms with Gasteiger partial charge in [-0.2, -0.15) is 9.97 Å². The van der Waals surface area contributed by atoms with Gasteiger partial charge in [0.1, 0.15) is 24.4 Å². The molecule has 5 heterocycles. The van der Waals surface area contributed by atoms with Crippen LogP contribution in [-0.4, -0.2) is 74.7 Å². The van der Waals surface area contributed by atoms with Gasteiger partial charge in [-0.3, -0.25) is 24.3 Å². The van der Waals surface area contributed by atoms with Crippen LogP contribution in [0.1, 0.15) is 56.1 Å². The lowest BCUT2D eigenvalue weighted by Gasteiger charge is -2.31. The lowest BCUT2D eigenvalue weighted by atomic mass is 9.94. The third-order valence-electron chi connectivity index (χ3n) is 10.4. The number of fused-ring (bicyclic) bond motifs is 3. The summed E-state index contributed by atoms with van der Waals surface area (Å²) in [5.41, 5.74) is 2.50. The highest BCUT2D eigenvalue weighted by Crippen LogP contribution is 2.40. The molecule has 12 nitrogen and oxygen atoms in total. The van der Waals surface area contributed by atoms with Crippen LogP contribution in [0.2, 0.25) is 0 Å². The molecule has 0 radical (unpaired) electrons. The van der Waals surface area contributed by atoms with Gasteiger partial charge < -0.3 is 14.2 Å². The summed E-state index contributed by atoms with van der Waals surface area (Å²) in [4.78, 5) is 56.8. The van der Waals surface area contributed by atoms with Gasteiger partial charge in [0.25, 0.3) is 11.8 Å². The van der Waals surface area contributed by atoms with Crippen LogP contribution in [0.4, 0.5) is 9.18 Å². The zero-order valence-corrected chi connectivity index (χ0v) is 29.1. The van der Waals surface area contributed by atoms with Crippen molar-refractivity contribution in [1.29, 1.82) is 0 Å². The number of carbonyl (C=O) groups excluding carboxylic acids is 3. The van der Waals surface area contributed by atoms with E-state index in [-0.39, 0.29) is 54.7 Å². The summed E-state index contributed by atoms with van der Waals surface area (Å²) in [6, 6.07) is 21.1. The van der Waals surface area contributed by atoms with E-state index in [2.05, 4.69) is 19.9 Å². The Bertz CT molecular complexity index is 2170. The monoisotopic (exact) mass is 719 g/mol. The second-order valence-electron chi connectivity index (χ2n) is 13.7. The van der Waals surface area contributed by atoms with Gasteiger partial charge in [-0.05, 0) is 73.5 Å². The van der Waals surface area contributed by atoms with Crippen LogP contribution >= 0.6 is 0 Å². The van der Waals surface area contributed by atoms with Crippen LogP contribution < -0.4 is 9.47 Å². The van der Waals surface area contributed by atoms with E-state index >= 15 is 4.39 Å². The Balaban J connectivity index is 1.08. The van der Waals surface area contributed by atoms with Crippen molar-refractivity contribution in [3.63, 3.8) is 0 Å². The van der Waals surface area contributed by atoms with Crippen molar-refractivity contribution in [3.05, 3.63) is 89.9 Å². The van der Waals surface area contributed by atoms with Gasteiger partial charge in [0.15, 0.2) is 5.82 Å². The number of hydrogen-bond donors (Lipinski definition) is 0. The molecule has 5 aromatic rings. The van der Waals surface area contributed by atoms with Gasteiger partial charge in [0.2, 0.25) is 5.88 Å². The summed E-state index contributed by atoms with van der Waals surface area (Å²) in [6.07, 6.45) is 5.58. The largest absolute Gasteiger partial charge is 0.533 e. The Hall–Kier alpha value is -5.69. The average molecular weight is 720 g/mol. The molecular weight excluding hydrogens is 681 g/mol. The Morgan fingerprint density at radius 2 is 1.64 bits per heavy atom. The van der Waals surface area contributed by atoms with Crippen LogP contribution in [-0.2, 0) is 32.2 Å². The standard InChI is InChI=1S/C40H38FN5O7/c41-34-35(29-15-5-13-27-11-4-12-28(33(27)29)14-6-22-50-39(49)53-46-31(47)16-17-32(46)48)42-23-30-36(34)43-38(44-37(30)51-24-26-9-2-1-3-10-26)52-25-40-18-7-20-45(40)21-8-19-40/h1-5,9-13,15,23H,6-8,14,16-22,24-25H2. The van der Waals surface area contributed by atoms with Crippen LogP contribution in [0, 0.1) is 5.82 Å². The molecule has 0 N–H and O–H groups in total. The number of rotatable bonds is 12. The maximum atomic E-state index is 16.9. The van der Waals surface area contributed by atoms with Crippen molar-refractivity contribution in [2.45, 2.75) is 63.5 Å². The fraction of sp³-hybridized carbons (Fsp3) is 0.350. The van der Waals surface area contributed by atoms with Crippen molar-refractivity contribution in [3.8, 4) is 23.1 Å². The molecule has 13 heteroatoms. The number of benzene rings is 3. The number of aromatic nitrogens is 3. The fourth-order valence-corrected chi connectivity index (χ4v) is 7.76. The van der Waals surface area contributed by atoms with E-state index in [0.29, 0.717) is 35.5 Å². The zero-order valence-electron chi connectivity index (χ0n) is 29.1. The minimum atomic E-state index is -1.13. The number of imide groups is 1. The molecule has 272 valence electrons. The molecule has 0 saturated carbocycles. The van der Waals surface area contributed by atoms with E-state index in [4.69, 9.17) is 19.0 Å². The number of ether oxygens (including phenoxy) is 3. The highest BCUT2D eigenvalue weighted by Gasteiger charge is 2.45. The van der Waals surface area contributed by atoms with Crippen LogP contribution in [0.5, 0.6) is 11.9 Å². The minimum Gasteiger partial charge on any atom is -0.472 e. The second-order valence-corrected chi connectivity index (χ2v) is 13.7. The number of aryl methyl sites for hydroxylation is 1. The smallest absolute Gasteiger partial charge is 0.472 e. The molecule has 0 aliphatic carbocycles. The van der Waals surface area contributed by atoms with Gasteiger partial charge in [-0.15, -0.1) is 0 Å². The maximum Gasteiger partial charge on any atom is 0.533 e. The van der Waals surface area contributed by atoms with Crippen LogP contribution in [0.25, 0.3) is 32.9 Å². The van der Waals surface area contributed by atoms with Crippen molar-refractivity contribution in [1.82, 2.24) is 24.9 Å². The van der Waals surface area contributed by atoms with Crippen molar-refractivity contribution >= 4 is 39.6 Å². The molecule has 0 bridgehead atoms. The van der Waals surface area contributed by atoms with Crippen molar-refractivity contribution in [2.75, 3.05) is 26.3 Å². The Morgan fingerprint density at radius 1 is 0.887 bits per heavy atom. The highest BCUT2D eigenvalue weighted by atomic mass is 19.1. The van der Waals surface area contributed by atoms with E-state index in [1.807, 2.05) is 66.7 Å². The number of pyridine rings is 1. The number of hydrogen-bond acceptors (Lipinski definition) is 11. The predicted octanol–water partition coefficient (Wildman–Crippen LogP) is 6.72. The number of nitrogens with zero attached hydrogens (tertiary/aromatic N) is 5. The Kier molecular flexibility index (Phi) is 9.57. The molecule has 3 aliphatic heterocycles. The molecule has 2 aromatic heterocycles. The first-order valence-corrected chi connectivity index (χ1v) is 18.0. The first-order chi connectivity index (χ1) is 25.9. The zero-order chi connectivity index (χ0) is 36.4. The fourth-order valence-electron chi connectivity index (χ4n) is 7.76. The molecule has 3 fully saturated rings. The number of carbonyl (C=O) groups is 3. The van der Waals surface area contributed by atoms with Crippen molar-refractivity contribution < 1.29 is 37.8 Å². The van der Waals surface area contributed by atoms with Gasteiger partial charge in [0.05, 0.1) is 17.5 Å². The van der Waals surface area contributed by atoms with Crippen LogP contribution in [0.3, 0.4) is 0 Å². The Labute approximate surface area is 304 Å². The molecule has 0 unspecified atom stereocenters. The third kappa shape index (κ3) is 6.96. The maximum absolute atomic E-state index is 16.9. The van der Waals surface area contributed by atoms with Gasteiger partial charge in [-0.25, -0.2) is 9.18 Å². The minimum absolute atomic E-state index is 0.00718. The molecule has 8 rings (SSSR count). The molecule has 3 aromatic carbocycles. The first kappa shape index (κ1) is 34.4. The summed E-state index contributed by atoms with van der Waals surface area (Å²) in [7, 11) is 0. The average Bonchev–Trinajstić information content (AvgIpc) is 3.86. The third-order valence-corrected chi connectivity index (χ3v) is 10.4. The normalized spacial score (nSPS) is 16.7. The van der Waals surface area contributed by atoms with E-state index in [1.54, 1.807) is 6.20 Å². The van der Waals surface area contributed by atoms with Gasteiger partial charge in [0, 0.05) is 24.6 Å². The number of hydroxylamine groups is 2. The highest BCUT2D eigenvalue weighted by molar-refractivity contribution is 6.01. The molecule has 3 aliphatic rings. The molecule has 3 saturated heterocycles. The molecule has 53 heavy (non-hydrogen) atoms. The van der Waals surface area contributed by atoms with Crippen molar-refractivity contribution in [2.24, 2.45) is 0 Å². The summed E-state index contributed by atoms with van der Waals surface area (Å²) in [5, 5.41) is 2.45. The summed E-state index contributed by atoms with van der Waals surface area (Å²) < 4.78 is 34.5. The predicted molar refractivity (Wildman–Crippen MR) is 191 cm³/mol. The summed E-state index contributed by atoms with van der Waals surface area (Å²) in [6.45, 7) is 2.70. The van der Waals surface area contributed by atoms with E-state index in [0.717, 1.165) is 60.7 Å². The Morgan fingerprint density at radius 3 is 2.42 bits per heavy atom. The quantitative estimate of drug-likeness (QED) is 0.0773. The molecule has 0 spiro atoms. The van der Waals surface area contributed by atoms with Gasteiger partial charge in [-0.1, -0.05) is 71.8 Å². The second kappa shape index (κ2) is 14.7. The SMILES string of the molecule is O=C(OCCCc1cccc2cccc(-c3ncc4c(OCc5ccccc5)nc(OCC56CCCN5CCC6)nc4c3F)c12)ON1C(=O)CCC1=O. The molecule has 0 atom stereocenters.